The van der Waals surface area contributed by atoms with Crippen LogP contribution in [0.3, 0.4) is 0 Å². The van der Waals surface area contributed by atoms with Crippen molar-refractivity contribution in [1.29, 1.82) is 0 Å². The zero-order valence-electron chi connectivity index (χ0n) is 12.2. The van der Waals surface area contributed by atoms with Crippen LogP contribution in [-0.2, 0) is 0 Å². The third-order valence-corrected chi connectivity index (χ3v) is 5.26. The van der Waals surface area contributed by atoms with Gasteiger partial charge in [-0.1, -0.05) is 23.7 Å². The van der Waals surface area contributed by atoms with E-state index in [2.05, 4.69) is 10.2 Å². The summed E-state index contributed by atoms with van der Waals surface area (Å²) in [4.78, 5) is 3.11. The number of benzene rings is 1. The molecule has 0 radical (unpaired) electrons. The number of nitrogens with one attached hydrogen (secondary N) is 1. The summed E-state index contributed by atoms with van der Waals surface area (Å²) in [6.07, 6.45) is 0. The van der Waals surface area contributed by atoms with Crippen molar-refractivity contribution in [3.8, 4) is 0 Å². The molecule has 3 rings (SSSR count). The van der Waals surface area contributed by atoms with Gasteiger partial charge in [-0.3, -0.25) is 4.90 Å². The van der Waals surface area contributed by atoms with Crippen LogP contribution in [0.1, 0.15) is 22.0 Å². The molecule has 2 heterocycles. The molecule has 0 spiro atoms. The van der Waals surface area contributed by atoms with E-state index in [1.165, 1.54) is 11.3 Å². The molecule has 1 aromatic heterocycles. The molecule has 1 fully saturated rings. The van der Waals surface area contributed by atoms with Gasteiger partial charge in [0.2, 0.25) is 0 Å². The first kappa shape index (κ1) is 15.9. The predicted octanol–water partition coefficient (Wildman–Crippen LogP) is 3.98. The van der Waals surface area contributed by atoms with E-state index < -0.39 is 11.6 Å². The van der Waals surface area contributed by atoms with Crippen molar-refractivity contribution in [2.75, 3.05) is 26.2 Å². The van der Waals surface area contributed by atoms with Gasteiger partial charge in [0.1, 0.15) is 0 Å². The van der Waals surface area contributed by atoms with E-state index in [9.17, 15) is 8.78 Å². The van der Waals surface area contributed by atoms with Gasteiger partial charge in [0, 0.05) is 36.6 Å². The first-order chi connectivity index (χ1) is 10.6. The topological polar surface area (TPSA) is 15.3 Å². The highest BCUT2D eigenvalue weighted by Gasteiger charge is 2.29. The Morgan fingerprint density at radius 2 is 1.86 bits per heavy atom. The molecule has 22 heavy (non-hydrogen) atoms. The first-order valence-corrected chi connectivity index (χ1v) is 8.42. The molecule has 2 aromatic rings. The molecule has 1 aliphatic rings. The second-order valence-corrected chi connectivity index (χ2v) is 7.18. The predicted molar refractivity (Wildman–Crippen MR) is 86.7 cm³/mol. The molecule has 1 saturated heterocycles. The van der Waals surface area contributed by atoms with Gasteiger partial charge in [-0.05, 0) is 24.6 Å². The molecule has 118 valence electrons. The van der Waals surface area contributed by atoms with E-state index in [0.29, 0.717) is 15.5 Å². The lowest BCUT2D eigenvalue weighted by molar-refractivity contribution is 0.196. The second-order valence-electron chi connectivity index (χ2n) is 5.43. The van der Waals surface area contributed by atoms with Crippen LogP contribution in [0.5, 0.6) is 0 Å². The number of thiophene rings is 1. The van der Waals surface area contributed by atoms with Gasteiger partial charge in [-0.25, -0.2) is 8.78 Å². The average molecular weight is 343 g/mol. The van der Waals surface area contributed by atoms with Gasteiger partial charge >= 0.3 is 0 Å². The number of aryl methyl sites for hydroxylation is 1. The summed E-state index contributed by atoms with van der Waals surface area (Å²) in [5, 5.41) is 3.28. The zero-order valence-corrected chi connectivity index (χ0v) is 13.8. The van der Waals surface area contributed by atoms with Gasteiger partial charge in [0.05, 0.1) is 10.4 Å². The summed E-state index contributed by atoms with van der Waals surface area (Å²) in [5.41, 5.74) is 0.702. The van der Waals surface area contributed by atoms with E-state index >= 15 is 0 Å². The summed E-state index contributed by atoms with van der Waals surface area (Å²) in [6.45, 7) is 4.82. The van der Waals surface area contributed by atoms with Crippen molar-refractivity contribution in [1.82, 2.24) is 10.2 Å². The fraction of sp³-hybridized carbons (Fsp3) is 0.375. The first-order valence-electron chi connectivity index (χ1n) is 7.22. The molecule has 1 atom stereocenters. The number of rotatable bonds is 3. The highest BCUT2D eigenvalue weighted by atomic mass is 35.5. The van der Waals surface area contributed by atoms with E-state index in [-0.39, 0.29) is 6.04 Å². The average Bonchev–Trinajstić information content (AvgIpc) is 2.95. The molecule has 0 amide bonds. The molecule has 1 N–H and O–H groups in total. The van der Waals surface area contributed by atoms with Crippen molar-refractivity contribution < 1.29 is 8.78 Å². The van der Waals surface area contributed by atoms with E-state index in [4.69, 9.17) is 11.6 Å². The number of halogens is 3. The Bertz CT molecular complexity index is 668. The number of piperazine rings is 1. The van der Waals surface area contributed by atoms with Gasteiger partial charge in [-0.2, -0.15) is 0 Å². The van der Waals surface area contributed by atoms with Crippen molar-refractivity contribution in [3.05, 3.63) is 56.2 Å². The lowest BCUT2D eigenvalue weighted by atomic mass is 10.00. The van der Waals surface area contributed by atoms with Crippen LogP contribution < -0.4 is 5.32 Å². The Kier molecular flexibility index (Phi) is 4.78. The highest BCUT2D eigenvalue weighted by Crippen LogP contribution is 2.37. The molecule has 6 heteroatoms. The zero-order chi connectivity index (χ0) is 15.7. The van der Waals surface area contributed by atoms with E-state index in [0.717, 1.165) is 31.1 Å². The number of hydrogen-bond donors (Lipinski definition) is 1. The minimum atomic E-state index is -0.764. The Hall–Kier alpha value is -1.01. The molecule has 0 unspecified atom stereocenters. The molecule has 0 saturated carbocycles. The molecule has 0 bridgehead atoms. The fourth-order valence-corrected chi connectivity index (χ4v) is 4.03. The molecule has 2 nitrogen and oxygen atoms in total. The largest absolute Gasteiger partial charge is 0.314 e. The monoisotopic (exact) mass is 342 g/mol. The van der Waals surface area contributed by atoms with Crippen LogP contribution in [-0.4, -0.2) is 31.1 Å². The molecule has 1 aromatic carbocycles. The molecule has 1 aliphatic heterocycles. The van der Waals surface area contributed by atoms with Gasteiger partial charge in [-0.15, -0.1) is 11.3 Å². The van der Waals surface area contributed by atoms with Crippen LogP contribution in [0.2, 0.25) is 4.34 Å². The summed E-state index contributed by atoms with van der Waals surface area (Å²) >= 11 is 7.46. The SMILES string of the molecule is Cc1ccc([C@@H](c2ccc(Cl)s2)N2CCNCC2)c(F)c1F. The van der Waals surface area contributed by atoms with Crippen LogP contribution in [0, 0.1) is 18.6 Å². The van der Waals surface area contributed by atoms with Crippen molar-refractivity contribution in [2.24, 2.45) is 0 Å². The Labute approximate surface area is 137 Å². The lowest BCUT2D eigenvalue weighted by Gasteiger charge is -2.35. The standard InChI is InChI=1S/C16H17ClF2N2S/c1-10-2-3-11(15(19)14(10)18)16(12-4-5-13(17)22-12)21-8-6-20-7-9-21/h2-5,16,20H,6-9H2,1H3/t16-/m0/s1. The van der Waals surface area contributed by atoms with E-state index in [1.54, 1.807) is 25.1 Å². The number of nitrogens with zero attached hydrogens (tertiary/aromatic N) is 1. The summed E-state index contributed by atoms with van der Waals surface area (Å²) in [7, 11) is 0. The third kappa shape index (κ3) is 3.04. The molecular formula is C16H17ClF2N2S. The highest BCUT2D eigenvalue weighted by molar-refractivity contribution is 7.16. The summed E-state index contributed by atoms with van der Waals surface area (Å²) < 4.78 is 29.2. The quantitative estimate of drug-likeness (QED) is 0.907. The minimum absolute atomic E-state index is 0.297. The van der Waals surface area contributed by atoms with Crippen LogP contribution >= 0.6 is 22.9 Å². The smallest absolute Gasteiger partial charge is 0.164 e. The van der Waals surface area contributed by atoms with Crippen LogP contribution in [0.25, 0.3) is 0 Å². The van der Waals surface area contributed by atoms with Gasteiger partial charge in [0.25, 0.3) is 0 Å². The maximum Gasteiger partial charge on any atom is 0.164 e. The summed E-state index contributed by atoms with van der Waals surface area (Å²) in [5.74, 6) is -1.52. The van der Waals surface area contributed by atoms with Gasteiger partial charge in [0.15, 0.2) is 11.6 Å². The fourth-order valence-electron chi connectivity index (χ4n) is 2.82. The minimum Gasteiger partial charge on any atom is -0.314 e. The maximum absolute atomic E-state index is 14.5. The van der Waals surface area contributed by atoms with Gasteiger partial charge < -0.3 is 5.32 Å². The Balaban J connectivity index is 2.07. The number of hydrogen-bond acceptors (Lipinski definition) is 3. The van der Waals surface area contributed by atoms with Crippen molar-refractivity contribution in [2.45, 2.75) is 13.0 Å². The van der Waals surface area contributed by atoms with Crippen molar-refractivity contribution in [3.63, 3.8) is 0 Å². The molecule has 0 aliphatic carbocycles. The Morgan fingerprint density at radius 3 is 2.50 bits per heavy atom. The second kappa shape index (κ2) is 6.62. The normalized spacial score (nSPS) is 17.6. The van der Waals surface area contributed by atoms with Crippen LogP contribution in [0.4, 0.5) is 8.78 Å². The molecular weight excluding hydrogens is 326 g/mol. The van der Waals surface area contributed by atoms with E-state index in [1.807, 2.05) is 6.07 Å². The third-order valence-electron chi connectivity index (χ3n) is 3.98. The maximum atomic E-state index is 14.5. The lowest BCUT2D eigenvalue weighted by Crippen LogP contribution is -2.45. The Morgan fingerprint density at radius 1 is 1.14 bits per heavy atom. The van der Waals surface area contributed by atoms with Crippen LogP contribution in [0.15, 0.2) is 24.3 Å². The van der Waals surface area contributed by atoms with Crippen molar-refractivity contribution >= 4 is 22.9 Å². The summed E-state index contributed by atoms with van der Waals surface area (Å²) in [6, 6.07) is 6.73.